The van der Waals surface area contributed by atoms with Crippen LogP contribution in [-0.2, 0) is 0 Å². The van der Waals surface area contributed by atoms with Gasteiger partial charge in [-0.1, -0.05) is 13.8 Å². The average molecular weight is 369 g/mol. The Kier molecular flexibility index (Phi) is 5.80. The Hall–Kier alpha value is -3.22. The molecule has 3 rings (SSSR count). The fourth-order valence-electron chi connectivity index (χ4n) is 2.62. The summed E-state index contributed by atoms with van der Waals surface area (Å²) in [6.07, 6.45) is 1.75. The molecule has 0 radical (unpaired) electrons. The molecule has 1 heterocycles. The molecule has 0 saturated carbocycles. The van der Waals surface area contributed by atoms with Crippen molar-refractivity contribution < 1.29 is 14.3 Å². The predicted octanol–water partition coefficient (Wildman–Crippen LogP) is 3.69. The summed E-state index contributed by atoms with van der Waals surface area (Å²) < 4.78 is 11.4. The summed E-state index contributed by atoms with van der Waals surface area (Å²) in [4.78, 5) is 29.3. The molecular weight excluding hydrogens is 346 g/mol. The lowest BCUT2D eigenvalue weighted by molar-refractivity contribution is 0.102. The quantitative estimate of drug-likeness (QED) is 0.564. The number of carbonyl (C=O) groups is 1. The Labute approximate surface area is 156 Å². The van der Waals surface area contributed by atoms with Gasteiger partial charge in [0.2, 0.25) is 0 Å². The third kappa shape index (κ3) is 4.49. The second kappa shape index (κ2) is 8.44. The Morgan fingerprint density at radius 2 is 1.63 bits per heavy atom. The SMILES string of the molecule is CCCOc1ccc(C(=O)Nc2ccc3[nH]c(=O)[nH]c3c2)cc1OCCC. The minimum atomic E-state index is -0.283. The molecule has 0 aliphatic rings. The van der Waals surface area contributed by atoms with Crippen LogP contribution in [0.1, 0.15) is 37.0 Å². The maximum absolute atomic E-state index is 12.6. The normalized spacial score (nSPS) is 10.7. The van der Waals surface area contributed by atoms with E-state index in [9.17, 15) is 9.59 Å². The fourth-order valence-corrected chi connectivity index (χ4v) is 2.62. The Morgan fingerprint density at radius 1 is 0.926 bits per heavy atom. The van der Waals surface area contributed by atoms with E-state index in [-0.39, 0.29) is 11.6 Å². The van der Waals surface area contributed by atoms with Crippen LogP contribution in [0.4, 0.5) is 5.69 Å². The van der Waals surface area contributed by atoms with Gasteiger partial charge in [0.1, 0.15) is 0 Å². The van der Waals surface area contributed by atoms with E-state index in [1.54, 1.807) is 36.4 Å². The van der Waals surface area contributed by atoms with Gasteiger partial charge in [-0.15, -0.1) is 0 Å². The lowest BCUT2D eigenvalue weighted by Gasteiger charge is -2.13. The third-order valence-corrected chi connectivity index (χ3v) is 3.90. The van der Waals surface area contributed by atoms with Crippen molar-refractivity contribution in [2.75, 3.05) is 18.5 Å². The number of hydrogen-bond acceptors (Lipinski definition) is 4. The zero-order chi connectivity index (χ0) is 19.2. The van der Waals surface area contributed by atoms with Crippen LogP contribution < -0.4 is 20.5 Å². The molecule has 1 aromatic heterocycles. The molecule has 0 spiro atoms. The van der Waals surface area contributed by atoms with Gasteiger partial charge >= 0.3 is 5.69 Å². The van der Waals surface area contributed by atoms with Crippen LogP contribution >= 0.6 is 0 Å². The number of aromatic nitrogens is 2. The summed E-state index contributed by atoms with van der Waals surface area (Å²) in [7, 11) is 0. The molecule has 0 fully saturated rings. The number of imidazole rings is 1. The minimum absolute atomic E-state index is 0.268. The largest absolute Gasteiger partial charge is 0.490 e. The van der Waals surface area contributed by atoms with Crippen molar-refractivity contribution in [1.29, 1.82) is 0 Å². The second-order valence-corrected chi connectivity index (χ2v) is 6.15. The number of H-pyrrole nitrogens is 2. The Morgan fingerprint density at radius 3 is 2.37 bits per heavy atom. The maximum atomic E-state index is 12.6. The number of rotatable bonds is 8. The first-order chi connectivity index (χ1) is 13.1. The highest BCUT2D eigenvalue weighted by Crippen LogP contribution is 2.29. The number of hydrogen-bond donors (Lipinski definition) is 3. The molecule has 142 valence electrons. The molecule has 0 aliphatic carbocycles. The van der Waals surface area contributed by atoms with Gasteiger partial charge in [0.15, 0.2) is 11.5 Å². The van der Waals surface area contributed by atoms with Crippen LogP contribution in [0.25, 0.3) is 11.0 Å². The molecule has 0 bridgehead atoms. The van der Waals surface area contributed by atoms with E-state index in [1.165, 1.54) is 0 Å². The molecule has 3 N–H and O–H groups in total. The van der Waals surface area contributed by atoms with Gasteiger partial charge in [-0.05, 0) is 49.2 Å². The molecule has 27 heavy (non-hydrogen) atoms. The summed E-state index contributed by atoms with van der Waals surface area (Å²) in [5, 5.41) is 2.83. The van der Waals surface area contributed by atoms with E-state index in [0.29, 0.717) is 47.0 Å². The molecule has 0 aliphatic heterocycles. The number of nitrogens with one attached hydrogen (secondary N) is 3. The van der Waals surface area contributed by atoms with Gasteiger partial charge in [0.25, 0.3) is 5.91 Å². The summed E-state index contributed by atoms with van der Waals surface area (Å²) >= 11 is 0. The lowest BCUT2D eigenvalue weighted by atomic mass is 10.1. The number of aromatic amines is 2. The fraction of sp³-hybridized carbons (Fsp3) is 0.300. The molecule has 2 aromatic carbocycles. The summed E-state index contributed by atoms with van der Waals surface area (Å²) in [5.41, 5.74) is 2.09. The van der Waals surface area contributed by atoms with Crippen LogP contribution in [0.2, 0.25) is 0 Å². The Balaban J connectivity index is 1.80. The molecule has 0 saturated heterocycles. The van der Waals surface area contributed by atoms with E-state index in [0.717, 1.165) is 12.8 Å². The zero-order valence-corrected chi connectivity index (χ0v) is 15.4. The minimum Gasteiger partial charge on any atom is -0.490 e. The standard InChI is InChI=1S/C20H23N3O4/c1-3-9-26-17-8-5-13(11-18(17)27-10-4-2)19(24)21-14-6-7-15-16(12-14)23-20(25)22-15/h5-8,11-12H,3-4,9-10H2,1-2H3,(H,21,24)(H2,22,23,25). The van der Waals surface area contributed by atoms with Crippen LogP contribution in [0.15, 0.2) is 41.2 Å². The maximum Gasteiger partial charge on any atom is 0.323 e. The highest BCUT2D eigenvalue weighted by molar-refractivity contribution is 6.05. The average Bonchev–Trinajstić information content (AvgIpc) is 3.04. The first kappa shape index (κ1) is 18.6. The van der Waals surface area contributed by atoms with Crippen LogP contribution in [0.5, 0.6) is 11.5 Å². The van der Waals surface area contributed by atoms with Gasteiger partial charge in [-0.2, -0.15) is 0 Å². The van der Waals surface area contributed by atoms with Crippen molar-refractivity contribution >= 4 is 22.6 Å². The van der Waals surface area contributed by atoms with Gasteiger partial charge in [-0.25, -0.2) is 4.79 Å². The van der Waals surface area contributed by atoms with E-state index in [4.69, 9.17) is 9.47 Å². The van der Waals surface area contributed by atoms with Gasteiger partial charge in [0, 0.05) is 11.3 Å². The van der Waals surface area contributed by atoms with Crippen molar-refractivity contribution in [3.8, 4) is 11.5 Å². The van der Waals surface area contributed by atoms with Crippen LogP contribution in [0.3, 0.4) is 0 Å². The highest BCUT2D eigenvalue weighted by Gasteiger charge is 2.13. The highest BCUT2D eigenvalue weighted by atomic mass is 16.5. The summed E-state index contributed by atoms with van der Waals surface area (Å²) in [6, 6.07) is 10.3. The van der Waals surface area contributed by atoms with Crippen LogP contribution in [0, 0.1) is 0 Å². The predicted molar refractivity (Wildman–Crippen MR) is 105 cm³/mol. The number of amides is 1. The molecule has 3 aromatic rings. The van der Waals surface area contributed by atoms with Crippen molar-refractivity contribution in [3.63, 3.8) is 0 Å². The number of fused-ring (bicyclic) bond motifs is 1. The van der Waals surface area contributed by atoms with Crippen molar-refractivity contribution in [3.05, 3.63) is 52.4 Å². The molecule has 7 heteroatoms. The zero-order valence-electron chi connectivity index (χ0n) is 15.4. The second-order valence-electron chi connectivity index (χ2n) is 6.15. The monoisotopic (exact) mass is 369 g/mol. The molecule has 0 unspecified atom stereocenters. The summed E-state index contributed by atoms with van der Waals surface area (Å²) in [5.74, 6) is 0.923. The Bertz CT molecular complexity index is 990. The van der Waals surface area contributed by atoms with E-state index >= 15 is 0 Å². The molecule has 1 amide bonds. The van der Waals surface area contributed by atoms with E-state index in [2.05, 4.69) is 15.3 Å². The van der Waals surface area contributed by atoms with Gasteiger partial charge in [-0.3, -0.25) is 4.79 Å². The van der Waals surface area contributed by atoms with Gasteiger partial charge in [0.05, 0.1) is 24.2 Å². The van der Waals surface area contributed by atoms with Crippen LogP contribution in [-0.4, -0.2) is 29.1 Å². The topological polar surface area (TPSA) is 96.2 Å². The number of carbonyl (C=O) groups excluding carboxylic acids is 1. The molecule has 7 nitrogen and oxygen atoms in total. The first-order valence-electron chi connectivity index (χ1n) is 9.03. The van der Waals surface area contributed by atoms with E-state index in [1.807, 2.05) is 13.8 Å². The van der Waals surface area contributed by atoms with Gasteiger partial charge < -0.3 is 24.8 Å². The van der Waals surface area contributed by atoms with Crippen molar-refractivity contribution in [1.82, 2.24) is 9.97 Å². The summed E-state index contributed by atoms with van der Waals surface area (Å²) in [6.45, 7) is 5.18. The van der Waals surface area contributed by atoms with E-state index < -0.39 is 0 Å². The first-order valence-corrected chi connectivity index (χ1v) is 9.03. The number of benzene rings is 2. The lowest BCUT2D eigenvalue weighted by Crippen LogP contribution is -2.12. The van der Waals surface area contributed by atoms with Crippen molar-refractivity contribution in [2.24, 2.45) is 0 Å². The smallest absolute Gasteiger partial charge is 0.323 e. The molecular formula is C20H23N3O4. The number of ether oxygens (including phenoxy) is 2. The number of anilines is 1. The third-order valence-electron chi connectivity index (χ3n) is 3.90. The molecule has 0 atom stereocenters. The van der Waals surface area contributed by atoms with Crippen molar-refractivity contribution in [2.45, 2.75) is 26.7 Å².